The van der Waals surface area contributed by atoms with E-state index in [9.17, 15) is 36.9 Å². The maximum Gasteiger partial charge on any atom is 0.363 e. The van der Waals surface area contributed by atoms with Gasteiger partial charge in [0.2, 0.25) is 0 Å². The topological polar surface area (TPSA) is 214 Å². The van der Waals surface area contributed by atoms with Gasteiger partial charge in [0.1, 0.15) is 17.3 Å². The van der Waals surface area contributed by atoms with E-state index in [1.54, 1.807) is 48.4 Å². The lowest BCUT2D eigenvalue weighted by Gasteiger charge is -2.31. The third-order valence-corrected chi connectivity index (χ3v) is 13.2. The summed E-state index contributed by atoms with van der Waals surface area (Å²) in [6.07, 6.45) is 16.5. The van der Waals surface area contributed by atoms with Gasteiger partial charge in [0, 0.05) is 61.7 Å². The Bertz CT molecular complexity index is 2770. The maximum absolute atomic E-state index is 13.4. The van der Waals surface area contributed by atoms with Crippen LogP contribution >= 0.6 is 0 Å². The van der Waals surface area contributed by atoms with Crippen molar-refractivity contribution in [2.45, 2.75) is 73.1 Å². The number of carbonyl (C=O) groups excluding carboxylic acids is 5. The Morgan fingerprint density at radius 3 is 2.20 bits per heavy atom. The van der Waals surface area contributed by atoms with Crippen molar-refractivity contribution >= 4 is 51.3 Å². The molecule has 4 amide bonds. The monoisotopic (exact) mass is 966 g/mol. The van der Waals surface area contributed by atoms with E-state index in [0.717, 1.165) is 38.8 Å². The Kier molecular flexibility index (Phi) is 15.6. The molecule has 4 aliphatic heterocycles. The fraction of sp³-hybridized carbons (Fsp3) is 0.380. The summed E-state index contributed by atoms with van der Waals surface area (Å²) in [5, 5.41) is 2.72. The third-order valence-electron chi connectivity index (χ3n) is 12.4. The Hall–Kier alpha value is -6.80. The molecule has 0 unspecified atom stereocenters. The number of likely N-dealkylation sites (N-methyl/N-ethyl adjacent to an activating group) is 2. The zero-order valence-corrected chi connectivity index (χ0v) is 41.1. The molecule has 18 nitrogen and oxygen atoms in total. The van der Waals surface area contributed by atoms with Crippen LogP contribution in [0.4, 0.5) is 0 Å². The Labute approximate surface area is 402 Å². The maximum atomic E-state index is 13.4. The second-order valence-electron chi connectivity index (χ2n) is 17.7. The van der Waals surface area contributed by atoms with Crippen molar-refractivity contribution in [2.75, 3.05) is 40.6 Å². The number of allylic oxidation sites excluding steroid dienone is 9. The summed E-state index contributed by atoms with van der Waals surface area (Å²) in [5.74, 6) is -1.85. The minimum Gasteiger partial charge on any atom is -0.457 e. The zero-order valence-electron chi connectivity index (χ0n) is 40.3. The largest absolute Gasteiger partial charge is 0.457 e. The molecule has 0 radical (unpaired) electrons. The molecule has 6 rings (SSSR count). The van der Waals surface area contributed by atoms with Crippen LogP contribution in [0.2, 0.25) is 0 Å². The number of hydroxylamine groups is 6. The van der Waals surface area contributed by atoms with E-state index in [-0.39, 0.29) is 37.3 Å². The van der Waals surface area contributed by atoms with Crippen LogP contribution in [-0.4, -0.2) is 115 Å². The van der Waals surface area contributed by atoms with Crippen molar-refractivity contribution in [3.63, 3.8) is 0 Å². The molecule has 1 N–H and O–H groups in total. The molecular formula is C50H58N6O12S. The number of aliphatic imine (C=N–C) groups is 2. The molecule has 1 aromatic rings. The summed E-state index contributed by atoms with van der Waals surface area (Å²) in [5.41, 5.74) is 4.40. The summed E-state index contributed by atoms with van der Waals surface area (Å²) >= 11 is 0. The van der Waals surface area contributed by atoms with Crippen LogP contribution in [0.15, 0.2) is 140 Å². The number of fused-ring (bicyclic) bond motifs is 1. The molecule has 0 saturated carbocycles. The lowest BCUT2D eigenvalue weighted by atomic mass is 9.79. The minimum absolute atomic E-state index is 0.0353. The summed E-state index contributed by atoms with van der Waals surface area (Å²) in [7, 11) is 1.56. The van der Waals surface area contributed by atoms with Gasteiger partial charge in [-0.05, 0) is 97.9 Å². The van der Waals surface area contributed by atoms with Crippen LogP contribution in [0.5, 0.6) is 5.75 Å². The van der Waals surface area contributed by atoms with E-state index < -0.39 is 50.4 Å². The normalized spacial score (nSPS) is 21.0. The number of nitrogens with zero attached hydrogens (tertiary/aromatic N) is 6. The molecule has 1 aromatic carbocycles. The second-order valence-corrected chi connectivity index (χ2v) is 19.3. The molecule has 1 fully saturated rings. The first-order chi connectivity index (χ1) is 32.5. The van der Waals surface area contributed by atoms with E-state index >= 15 is 0 Å². The molecule has 0 aromatic heterocycles. The van der Waals surface area contributed by atoms with Crippen LogP contribution < -0.4 is 4.74 Å². The molecule has 4 heterocycles. The molecule has 5 aliphatic rings. The second kappa shape index (κ2) is 20.8. The van der Waals surface area contributed by atoms with E-state index in [0.29, 0.717) is 63.5 Å². The van der Waals surface area contributed by atoms with Crippen molar-refractivity contribution in [2.24, 2.45) is 20.8 Å². The predicted molar refractivity (Wildman–Crippen MR) is 257 cm³/mol. The van der Waals surface area contributed by atoms with Gasteiger partial charge in [0.25, 0.3) is 33.7 Å². The number of hydrogen-bond acceptors (Lipinski definition) is 14. The van der Waals surface area contributed by atoms with E-state index in [2.05, 4.69) is 6.58 Å². The molecule has 0 spiro atoms. The highest BCUT2D eigenvalue weighted by Gasteiger charge is 2.42. The highest BCUT2D eigenvalue weighted by atomic mass is 32.2. The third kappa shape index (κ3) is 11.4. The Morgan fingerprint density at radius 2 is 1.58 bits per heavy atom. The summed E-state index contributed by atoms with van der Waals surface area (Å²) < 4.78 is 39.4. The van der Waals surface area contributed by atoms with E-state index in [1.807, 2.05) is 52.0 Å². The molecule has 1 aliphatic carbocycles. The van der Waals surface area contributed by atoms with Crippen molar-refractivity contribution in [3.05, 3.63) is 136 Å². The van der Waals surface area contributed by atoms with Gasteiger partial charge in [-0.15, -0.1) is 5.06 Å². The van der Waals surface area contributed by atoms with Gasteiger partial charge in [0.15, 0.2) is 0 Å². The summed E-state index contributed by atoms with van der Waals surface area (Å²) in [6.45, 7) is 14.1. The van der Waals surface area contributed by atoms with Crippen LogP contribution in [-0.2, 0) is 43.8 Å². The van der Waals surface area contributed by atoms with Crippen LogP contribution in [0, 0.1) is 10.8 Å². The van der Waals surface area contributed by atoms with Crippen LogP contribution in [0.25, 0.3) is 0 Å². The Morgan fingerprint density at radius 1 is 0.913 bits per heavy atom. The number of carbonyl (C=O) groups is 5. The van der Waals surface area contributed by atoms with E-state index in [4.69, 9.17) is 29.2 Å². The first-order valence-electron chi connectivity index (χ1n) is 22.3. The predicted octanol–water partition coefficient (Wildman–Crippen LogP) is 6.84. The van der Waals surface area contributed by atoms with Gasteiger partial charge < -0.3 is 14.5 Å². The van der Waals surface area contributed by atoms with Gasteiger partial charge >= 0.3 is 5.97 Å². The van der Waals surface area contributed by atoms with Crippen LogP contribution in [0.3, 0.4) is 0 Å². The van der Waals surface area contributed by atoms with Crippen molar-refractivity contribution in [1.29, 1.82) is 0 Å². The van der Waals surface area contributed by atoms with Gasteiger partial charge in [-0.25, -0.2) is 19.9 Å². The molecular weight excluding hydrogens is 909 g/mol. The quantitative estimate of drug-likeness (QED) is 0.0779. The van der Waals surface area contributed by atoms with Crippen molar-refractivity contribution in [3.8, 4) is 5.75 Å². The number of amidine groups is 1. The molecule has 19 heteroatoms. The van der Waals surface area contributed by atoms with Gasteiger partial charge in [0.05, 0.1) is 48.2 Å². The number of benzene rings is 1. The summed E-state index contributed by atoms with van der Waals surface area (Å²) in [4.78, 5) is 90.5. The fourth-order valence-electron chi connectivity index (χ4n) is 8.16. The average molecular weight is 967 g/mol. The first-order valence-corrected chi connectivity index (χ1v) is 23.9. The lowest BCUT2D eigenvalue weighted by Crippen LogP contribution is -2.36. The highest BCUT2D eigenvalue weighted by Crippen LogP contribution is 2.46. The minimum atomic E-state index is -4.24. The van der Waals surface area contributed by atoms with E-state index in [1.165, 1.54) is 40.4 Å². The van der Waals surface area contributed by atoms with Gasteiger partial charge in [-0.3, -0.25) is 38.4 Å². The first kappa shape index (κ1) is 51.6. The average Bonchev–Trinajstić information content (AvgIpc) is 3.85. The summed E-state index contributed by atoms with van der Waals surface area (Å²) in [6, 6.07) is 6.12. The van der Waals surface area contributed by atoms with Gasteiger partial charge in [-0.1, -0.05) is 52.5 Å². The Balaban J connectivity index is 1.38. The fourth-order valence-corrected chi connectivity index (χ4v) is 8.65. The van der Waals surface area contributed by atoms with Crippen molar-refractivity contribution < 1.29 is 56.2 Å². The smallest absolute Gasteiger partial charge is 0.363 e. The number of ether oxygens (including phenoxy) is 1. The SMILES string of the molecule is C=C1N=C(/C=C/C2=C(Oc3ccc(C(=O)ON4C(=O)CCC4=O)cc3)C(=C/C=C3/N=C4C(=CC(C(=O)N(C)OC)=CN4CCCS(=O)(=O)O)C3(C)C)/CCC2)C(C)(C)/C1=C/C(=C\C)C(=O)N(C)OC. The number of hydrogen-bond donors (Lipinski definition) is 1. The molecule has 69 heavy (non-hydrogen) atoms. The lowest BCUT2D eigenvalue weighted by molar-refractivity contribution is -0.172. The van der Waals surface area contributed by atoms with Crippen molar-refractivity contribution in [1.82, 2.24) is 20.1 Å². The molecule has 0 bridgehead atoms. The zero-order chi connectivity index (χ0) is 50.6. The standard InChI is InChI=1S/C50H58N6O12S/c1-11-32(46(59)53(7)65-9)28-38-31(2)51-40(49(38,3)4)22-18-33-14-12-15-34(44(33)67-37-20-16-35(17-21-37)48(61)68-56-42(57)24-25-43(56)58)19-23-41-50(5,6)39-29-36(47(60)54(8)66-10)30-55(45(39)52-41)26-13-27-69(62,63)64/h11,16-23,28-30H,2,12-15,24-27H2,1,3-10H3,(H,62,63,64)/b22-18+,32-11+,34-19+,38-28+,41-23+. The number of amides is 4. The number of imide groups is 1. The van der Waals surface area contributed by atoms with Crippen LogP contribution in [0.1, 0.15) is 83.5 Å². The highest BCUT2D eigenvalue weighted by molar-refractivity contribution is 7.85. The molecule has 1 saturated heterocycles. The molecule has 366 valence electrons. The molecule has 0 atom stereocenters. The number of rotatable bonds is 16. The van der Waals surface area contributed by atoms with Gasteiger partial charge in [-0.2, -0.15) is 8.42 Å².